The Labute approximate surface area is 152 Å². The summed E-state index contributed by atoms with van der Waals surface area (Å²) in [4.78, 5) is 22.5. The predicted molar refractivity (Wildman–Crippen MR) is 98.3 cm³/mol. The topological polar surface area (TPSA) is 84.9 Å². The number of carboxylic acid groups (broad SMARTS) is 1. The summed E-state index contributed by atoms with van der Waals surface area (Å²) in [6.07, 6.45) is 1.00. The zero-order valence-electron chi connectivity index (χ0n) is 14.7. The zero-order chi connectivity index (χ0) is 18.8. The molecule has 0 radical (unpaired) electrons. The molecule has 0 aromatic heterocycles. The van der Waals surface area contributed by atoms with Crippen LogP contribution in [-0.4, -0.2) is 30.2 Å². The maximum absolute atomic E-state index is 12.0. The predicted octanol–water partition coefficient (Wildman–Crippen LogP) is 3.39. The SMILES string of the molecule is Cc1cc(OCC(=O)O)ccc1NC(=O)CCCOCc1ccccc1. The van der Waals surface area contributed by atoms with E-state index in [9.17, 15) is 9.59 Å². The van der Waals surface area contributed by atoms with Gasteiger partial charge in [-0.25, -0.2) is 4.79 Å². The molecule has 0 fully saturated rings. The van der Waals surface area contributed by atoms with Crippen molar-refractivity contribution in [2.24, 2.45) is 0 Å². The quantitative estimate of drug-likeness (QED) is 0.637. The van der Waals surface area contributed by atoms with E-state index in [1.54, 1.807) is 18.2 Å². The Morgan fingerprint density at radius 3 is 2.58 bits per heavy atom. The number of carbonyl (C=O) groups is 2. The highest BCUT2D eigenvalue weighted by Gasteiger charge is 2.07. The lowest BCUT2D eigenvalue weighted by Gasteiger charge is -2.11. The Morgan fingerprint density at radius 1 is 1.12 bits per heavy atom. The molecule has 6 nitrogen and oxygen atoms in total. The van der Waals surface area contributed by atoms with Crippen LogP contribution in [0.5, 0.6) is 5.75 Å². The van der Waals surface area contributed by atoms with Gasteiger partial charge in [0.05, 0.1) is 6.61 Å². The van der Waals surface area contributed by atoms with Crippen LogP contribution in [0.4, 0.5) is 5.69 Å². The third-order valence-electron chi connectivity index (χ3n) is 3.64. The molecule has 0 aliphatic rings. The number of ether oxygens (including phenoxy) is 2. The van der Waals surface area contributed by atoms with Crippen molar-refractivity contribution in [2.45, 2.75) is 26.4 Å². The number of carboxylic acids is 1. The molecule has 6 heteroatoms. The van der Waals surface area contributed by atoms with Gasteiger partial charge in [0.1, 0.15) is 5.75 Å². The molecule has 1 amide bonds. The summed E-state index contributed by atoms with van der Waals surface area (Å²) >= 11 is 0. The summed E-state index contributed by atoms with van der Waals surface area (Å²) in [5.41, 5.74) is 2.60. The maximum atomic E-state index is 12.0. The Morgan fingerprint density at radius 2 is 1.88 bits per heavy atom. The number of nitrogens with one attached hydrogen (secondary N) is 1. The molecule has 2 aromatic carbocycles. The van der Waals surface area contributed by atoms with Crippen LogP contribution < -0.4 is 10.1 Å². The number of amides is 1. The monoisotopic (exact) mass is 357 g/mol. The average molecular weight is 357 g/mol. The van der Waals surface area contributed by atoms with Gasteiger partial charge in [-0.3, -0.25) is 4.79 Å². The summed E-state index contributed by atoms with van der Waals surface area (Å²) in [5.74, 6) is -0.664. The molecule has 0 unspecified atom stereocenters. The van der Waals surface area contributed by atoms with Crippen LogP contribution in [0, 0.1) is 6.92 Å². The molecular weight excluding hydrogens is 334 g/mol. The summed E-state index contributed by atoms with van der Waals surface area (Å²) in [6.45, 7) is 2.49. The van der Waals surface area contributed by atoms with E-state index in [4.69, 9.17) is 14.6 Å². The van der Waals surface area contributed by atoms with E-state index < -0.39 is 12.6 Å². The molecular formula is C20H23NO5. The lowest BCUT2D eigenvalue weighted by Crippen LogP contribution is -2.13. The normalized spacial score (nSPS) is 10.3. The lowest BCUT2D eigenvalue weighted by atomic mass is 10.2. The van der Waals surface area contributed by atoms with Crippen molar-refractivity contribution < 1.29 is 24.2 Å². The fourth-order valence-corrected chi connectivity index (χ4v) is 2.32. The highest BCUT2D eigenvalue weighted by Crippen LogP contribution is 2.21. The third-order valence-corrected chi connectivity index (χ3v) is 3.64. The minimum Gasteiger partial charge on any atom is -0.482 e. The summed E-state index contributed by atoms with van der Waals surface area (Å²) in [6, 6.07) is 14.9. The summed E-state index contributed by atoms with van der Waals surface area (Å²) < 4.78 is 10.7. The van der Waals surface area contributed by atoms with E-state index in [0.29, 0.717) is 37.5 Å². The fourth-order valence-electron chi connectivity index (χ4n) is 2.32. The number of rotatable bonds is 10. The summed E-state index contributed by atoms with van der Waals surface area (Å²) in [5, 5.41) is 11.5. The van der Waals surface area contributed by atoms with Crippen LogP contribution in [0.15, 0.2) is 48.5 Å². The van der Waals surface area contributed by atoms with Gasteiger partial charge in [-0.05, 0) is 42.7 Å². The minimum absolute atomic E-state index is 0.0874. The van der Waals surface area contributed by atoms with Crippen molar-refractivity contribution in [3.63, 3.8) is 0 Å². The first-order valence-corrected chi connectivity index (χ1v) is 8.41. The molecule has 2 aromatic rings. The standard InChI is InChI=1S/C20H23NO5/c1-15-12-17(26-14-20(23)24)9-10-18(15)21-19(22)8-5-11-25-13-16-6-3-2-4-7-16/h2-4,6-7,9-10,12H,5,8,11,13-14H2,1H3,(H,21,22)(H,23,24). The van der Waals surface area contributed by atoms with Crippen LogP contribution in [0.25, 0.3) is 0 Å². The number of hydrogen-bond acceptors (Lipinski definition) is 4. The van der Waals surface area contributed by atoms with Gasteiger partial charge in [0.15, 0.2) is 6.61 Å². The molecule has 0 aliphatic carbocycles. The third kappa shape index (κ3) is 6.94. The molecule has 2 N–H and O–H groups in total. The number of carbonyl (C=O) groups excluding carboxylic acids is 1. The minimum atomic E-state index is -1.03. The first-order valence-electron chi connectivity index (χ1n) is 8.41. The summed E-state index contributed by atoms with van der Waals surface area (Å²) in [7, 11) is 0. The molecule has 2 rings (SSSR count). The van der Waals surface area contributed by atoms with Gasteiger partial charge in [-0.2, -0.15) is 0 Å². The number of anilines is 1. The molecule has 138 valence electrons. The maximum Gasteiger partial charge on any atom is 0.341 e. The molecule has 0 aliphatic heterocycles. The molecule has 26 heavy (non-hydrogen) atoms. The number of aryl methyl sites for hydroxylation is 1. The number of hydrogen-bond donors (Lipinski definition) is 2. The lowest BCUT2D eigenvalue weighted by molar-refractivity contribution is -0.139. The van der Waals surface area contributed by atoms with Crippen molar-refractivity contribution in [3.8, 4) is 5.75 Å². The van der Waals surface area contributed by atoms with E-state index in [1.165, 1.54) is 0 Å². The molecule has 0 saturated carbocycles. The van der Waals surface area contributed by atoms with Gasteiger partial charge >= 0.3 is 5.97 Å². The van der Waals surface area contributed by atoms with Gasteiger partial charge in [0.2, 0.25) is 5.91 Å². The zero-order valence-corrected chi connectivity index (χ0v) is 14.7. The van der Waals surface area contributed by atoms with E-state index in [-0.39, 0.29) is 5.91 Å². The van der Waals surface area contributed by atoms with Gasteiger partial charge in [-0.1, -0.05) is 30.3 Å². The van der Waals surface area contributed by atoms with Crippen molar-refractivity contribution in [2.75, 3.05) is 18.5 Å². The van der Waals surface area contributed by atoms with Gasteiger partial charge in [0, 0.05) is 18.7 Å². The van der Waals surface area contributed by atoms with Crippen LogP contribution in [0.3, 0.4) is 0 Å². The van der Waals surface area contributed by atoms with Gasteiger partial charge < -0.3 is 19.9 Å². The Hall–Kier alpha value is -2.86. The Bertz CT molecular complexity index is 730. The highest BCUT2D eigenvalue weighted by atomic mass is 16.5. The second kappa shape index (κ2) is 10.2. The highest BCUT2D eigenvalue weighted by molar-refractivity contribution is 5.91. The van der Waals surface area contributed by atoms with Crippen LogP contribution in [0.2, 0.25) is 0 Å². The van der Waals surface area contributed by atoms with Gasteiger partial charge in [-0.15, -0.1) is 0 Å². The Balaban J connectivity index is 1.69. The molecule has 0 spiro atoms. The smallest absolute Gasteiger partial charge is 0.341 e. The van der Waals surface area contributed by atoms with Crippen molar-refractivity contribution in [1.82, 2.24) is 0 Å². The average Bonchev–Trinajstić information content (AvgIpc) is 2.62. The van der Waals surface area contributed by atoms with Crippen LogP contribution in [-0.2, 0) is 20.9 Å². The second-order valence-electron chi connectivity index (χ2n) is 5.85. The van der Waals surface area contributed by atoms with Crippen molar-refractivity contribution in [1.29, 1.82) is 0 Å². The first-order chi connectivity index (χ1) is 12.5. The van der Waals surface area contributed by atoms with E-state index in [0.717, 1.165) is 11.1 Å². The van der Waals surface area contributed by atoms with Crippen LogP contribution >= 0.6 is 0 Å². The second-order valence-corrected chi connectivity index (χ2v) is 5.85. The first kappa shape index (κ1) is 19.5. The molecule has 0 atom stereocenters. The Kier molecular flexibility index (Phi) is 7.64. The van der Waals surface area contributed by atoms with Gasteiger partial charge in [0.25, 0.3) is 0 Å². The van der Waals surface area contributed by atoms with E-state index in [1.807, 2.05) is 37.3 Å². The van der Waals surface area contributed by atoms with Crippen molar-refractivity contribution in [3.05, 3.63) is 59.7 Å². The molecule has 0 heterocycles. The number of aliphatic carboxylic acids is 1. The van der Waals surface area contributed by atoms with E-state index >= 15 is 0 Å². The fraction of sp³-hybridized carbons (Fsp3) is 0.300. The van der Waals surface area contributed by atoms with Crippen LogP contribution in [0.1, 0.15) is 24.0 Å². The van der Waals surface area contributed by atoms with Crippen molar-refractivity contribution >= 4 is 17.6 Å². The largest absolute Gasteiger partial charge is 0.482 e. The molecule has 0 bridgehead atoms. The molecule has 0 saturated heterocycles. The van der Waals surface area contributed by atoms with E-state index in [2.05, 4.69) is 5.32 Å². The number of benzene rings is 2.